The van der Waals surface area contributed by atoms with Crippen molar-refractivity contribution in [1.82, 2.24) is 19.7 Å². The molecule has 1 amide bonds. The van der Waals surface area contributed by atoms with Crippen molar-refractivity contribution in [1.29, 1.82) is 0 Å². The first kappa shape index (κ1) is 21.2. The van der Waals surface area contributed by atoms with E-state index in [2.05, 4.69) is 4.98 Å². The quantitative estimate of drug-likeness (QED) is 0.285. The van der Waals surface area contributed by atoms with Gasteiger partial charge >= 0.3 is 0 Å². The highest BCUT2D eigenvalue weighted by Crippen LogP contribution is 2.35. The van der Waals surface area contributed by atoms with Crippen LogP contribution in [0.25, 0.3) is 23.0 Å². The summed E-state index contributed by atoms with van der Waals surface area (Å²) in [6, 6.07) is 19.6. The van der Waals surface area contributed by atoms with E-state index in [9.17, 15) is 9.18 Å². The second-order valence-corrected chi connectivity index (χ2v) is 9.02. The summed E-state index contributed by atoms with van der Waals surface area (Å²) in [6.45, 7) is 0.294. The van der Waals surface area contributed by atoms with Crippen molar-refractivity contribution >= 4 is 40.3 Å². The van der Waals surface area contributed by atoms with Crippen molar-refractivity contribution in [2.24, 2.45) is 0 Å². The molecule has 3 heterocycles. The van der Waals surface area contributed by atoms with Crippen LogP contribution in [0.4, 0.5) is 4.39 Å². The van der Waals surface area contributed by atoms with Gasteiger partial charge in [-0.25, -0.2) is 9.07 Å². The number of rotatable bonds is 5. The molecule has 2 aromatic carbocycles. The number of halogens is 1. The van der Waals surface area contributed by atoms with Crippen molar-refractivity contribution in [3.8, 4) is 16.9 Å². The van der Waals surface area contributed by atoms with E-state index >= 15 is 0 Å². The zero-order chi connectivity index (χ0) is 22.8. The summed E-state index contributed by atoms with van der Waals surface area (Å²) >= 11 is 6.72. The number of aromatic nitrogens is 3. The van der Waals surface area contributed by atoms with E-state index in [-0.39, 0.29) is 11.7 Å². The first-order valence-corrected chi connectivity index (χ1v) is 11.4. The summed E-state index contributed by atoms with van der Waals surface area (Å²) in [5.41, 5.74) is 4.16. The molecule has 1 aliphatic heterocycles. The Bertz CT molecular complexity index is 1350. The number of carbonyl (C=O) groups is 1. The molecular weight excluding hydrogens is 455 g/mol. The minimum absolute atomic E-state index is 0.178. The second-order valence-electron chi connectivity index (χ2n) is 7.34. The number of benzene rings is 2. The maximum absolute atomic E-state index is 13.2. The van der Waals surface area contributed by atoms with Crippen molar-refractivity contribution in [2.75, 3.05) is 0 Å². The zero-order valence-electron chi connectivity index (χ0n) is 17.3. The summed E-state index contributed by atoms with van der Waals surface area (Å²) < 4.78 is 15.5. The average molecular weight is 473 g/mol. The van der Waals surface area contributed by atoms with Gasteiger partial charge in [-0.05, 0) is 48.0 Å². The molecule has 0 unspecified atom stereocenters. The lowest BCUT2D eigenvalue weighted by Gasteiger charge is -2.14. The van der Waals surface area contributed by atoms with Crippen molar-refractivity contribution in [2.45, 2.75) is 6.54 Å². The highest BCUT2D eigenvalue weighted by Gasteiger charge is 2.32. The van der Waals surface area contributed by atoms with Gasteiger partial charge in [-0.2, -0.15) is 5.10 Å². The van der Waals surface area contributed by atoms with E-state index in [1.54, 1.807) is 29.2 Å². The van der Waals surface area contributed by atoms with Crippen molar-refractivity contribution in [3.05, 3.63) is 107 Å². The molecule has 162 valence electrons. The second kappa shape index (κ2) is 9.09. The highest BCUT2D eigenvalue weighted by molar-refractivity contribution is 8.26. The minimum Gasteiger partial charge on any atom is -0.288 e. The predicted molar refractivity (Wildman–Crippen MR) is 132 cm³/mol. The molecule has 1 aliphatic rings. The molecule has 5 nitrogen and oxygen atoms in total. The number of nitrogens with zero attached hydrogens (tertiary/aromatic N) is 4. The fourth-order valence-electron chi connectivity index (χ4n) is 3.49. The number of thiocarbonyl (C=S) groups is 1. The van der Waals surface area contributed by atoms with Crippen LogP contribution in [0.5, 0.6) is 0 Å². The van der Waals surface area contributed by atoms with Crippen LogP contribution in [-0.2, 0) is 11.3 Å². The van der Waals surface area contributed by atoms with Gasteiger partial charge in [0.05, 0.1) is 17.1 Å². The predicted octanol–water partition coefficient (Wildman–Crippen LogP) is 5.47. The van der Waals surface area contributed by atoms with Crippen LogP contribution in [0, 0.1) is 5.82 Å². The van der Waals surface area contributed by atoms with E-state index in [0.717, 1.165) is 28.1 Å². The third-order valence-electron chi connectivity index (χ3n) is 5.13. The Hall–Kier alpha value is -3.62. The number of hydrogen-bond acceptors (Lipinski definition) is 5. The molecule has 2 aromatic heterocycles. The molecule has 0 saturated carbocycles. The Labute approximate surface area is 199 Å². The first-order chi connectivity index (χ1) is 16.1. The fraction of sp³-hybridized carbons (Fsp3) is 0.0400. The smallest absolute Gasteiger partial charge is 0.266 e. The number of amides is 1. The molecule has 33 heavy (non-hydrogen) atoms. The summed E-state index contributed by atoms with van der Waals surface area (Å²) in [5, 5.41) is 4.77. The van der Waals surface area contributed by atoms with Gasteiger partial charge in [0.1, 0.15) is 15.8 Å². The van der Waals surface area contributed by atoms with E-state index in [0.29, 0.717) is 15.8 Å². The normalized spacial score (nSPS) is 14.9. The molecule has 5 rings (SSSR count). The highest BCUT2D eigenvalue weighted by atomic mass is 32.2. The Morgan fingerprint density at radius 1 is 1.00 bits per heavy atom. The van der Waals surface area contributed by atoms with Gasteiger partial charge in [-0.3, -0.25) is 14.7 Å². The van der Waals surface area contributed by atoms with Crippen LogP contribution in [0.15, 0.2) is 90.2 Å². The maximum Gasteiger partial charge on any atom is 0.266 e. The average Bonchev–Trinajstić information content (AvgIpc) is 3.38. The third kappa shape index (κ3) is 4.48. The summed E-state index contributed by atoms with van der Waals surface area (Å²) in [5.74, 6) is -0.495. The van der Waals surface area contributed by atoms with Gasteiger partial charge in [0, 0.05) is 29.7 Å². The largest absolute Gasteiger partial charge is 0.288 e. The molecule has 8 heteroatoms. The first-order valence-electron chi connectivity index (χ1n) is 10.1. The van der Waals surface area contributed by atoms with Crippen LogP contribution in [0.3, 0.4) is 0 Å². The Balaban J connectivity index is 1.50. The molecule has 0 bridgehead atoms. The lowest BCUT2D eigenvalue weighted by Crippen LogP contribution is -2.27. The van der Waals surface area contributed by atoms with Gasteiger partial charge in [0.15, 0.2) is 0 Å². The maximum atomic E-state index is 13.2. The Kier molecular flexibility index (Phi) is 5.85. The van der Waals surface area contributed by atoms with Crippen LogP contribution in [0.2, 0.25) is 0 Å². The number of para-hydroxylation sites is 1. The van der Waals surface area contributed by atoms with Gasteiger partial charge in [0.25, 0.3) is 5.91 Å². The topological polar surface area (TPSA) is 51.0 Å². The molecule has 0 radical (unpaired) electrons. The van der Waals surface area contributed by atoms with Gasteiger partial charge in [0.2, 0.25) is 0 Å². The van der Waals surface area contributed by atoms with Crippen LogP contribution >= 0.6 is 24.0 Å². The molecule has 0 N–H and O–H groups in total. The monoisotopic (exact) mass is 472 g/mol. The van der Waals surface area contributed by atoms with E-state index < -0.39 is 0 Å². The van der Waals surface area contributed by atoms with Crippen LogP contribution in [0.1, 0.15) is 11.1 Å². The van der Waals surface area contributed by atoms with Gasteiger partial charge < -0.3 is 0 Å². The standard InChI is InChI=1S/C25H17FN4OS2/c26-20-8-6-17(7-9-20)15-29-24(31)22(33-25(29)32)14-19-16-30(21-4-2-1-3-5-21)28-23(19)18-10-12-27-13-11-18/h1-14,16H,15H2/b22-14-. The van der Waals surface area contributed by atoms with Crippen LogP contribution in [-0.4, -0.2) is 29.9 Å². The molecule has 4 aromatic rings. The number of thioether (sulfide) groups is 1. The third-order valence-corrected chi connectivity index (χ3v) is 6.51. The summed E-state index contributed by atoms with van der Waals surface area (Å²) in [7, 11) is 0. The SMILES string of the molecule is O=C1/C(=C/c2cn(-c3ccccc3)nc2-c2ccncc2)SC(=S)N1Cc1ccc(F)cc1. The lowest BCUT2D eigenvalue weighted by molar-refractivity contribution is -0.122. The van der Waals surface area contributed by atoms with Gasteiger partial charge in [-0.1, -0.05) is 54.3 Å². The van der Waals surface area contributed by atoms with Crippen LogP contribution < -0.4 is 0 Å². The Morgan fingerprint density at radius 3 is 2.45 bits per heavy atom. The lowest BCUT2D eigenvalue weighted by atomic mass is 10.1. The van der Waals surface area contributed by atoms with Crippen molar-refractivity contribution in [3.63, 3.8) is 0 Å². The molecule has 1 fully saturated rings. The number of hydrogen-bond donors (Lipinski definition) is 0. The van der Waals surface area contributed by atoms with Crippen molar-refractivity contribution < 1.29 is 9.18 Å². The fourth-order valence-corrected chi connectivity index (χ4v) is 4.74. The zero-order valence-corrected chi connectivity index (χ0v) is 18.9. The Morgan fingerprint density at radius 2 is 1.73 bits per heavy atom. The van der Waals surface area contributed by atoms with Gasteiger partial charge in [-0.15, -0.1) is 0 Å². The number of pyridine rings is 1. The summed E-state index contributed by atoms with van der Waals surface area (Å²) in [4.78, 5) is 19.3. The van der Waals surface area contributed by atoms with E-state index in [4.69, 9.17) is 17.3 Å². The molecule has 0 spiro atoms. The molecule has 0 atom stereocenters. The summed E-state index contributed by atoms with van der Waals surface area (Å²) in [6.07, 6.45) is 7.15. The molecular formula is C25H17FN4OS2. The van der Waals surface area contributed by atoms with E-state index in [1.807, 2.05) is 54.7 Å². The number of carbonyl (C=O) groups excluding carboxylic acids is 1. The molecule has 0 aliphatic carbocycles. The molecule has 1 saturated heterocycles. The minimum atomic E-state index is -0.317. The van der Waals surface area contributed by atoms with E-state index in [1.165, 1.54) is 28.8 Å².